The SMILES string of the molecule is c1ccc(-c2ccc3cc(-c4c5cccc(-c6ccc7c(c6)c6ccccc6n7-c6ccccc6)c5cc5c(-c6ccc7c(c6)c6ccccc6n7-c6ccccc6)cccc45)ccc3c2)cc1. The molecule has 68 heavy (non-hydrogen) atoms. The summed E-state index contributed by atoms with van der Waals surface area (Å²) in [4.78, 5) is 0. The van der Waals surface area contributed by atoms with E-state index in [2.05, 4.69) is 264 Å². The van der Waals surface area contributed by atoms with Gasteiger partial charge in [-0.2, -0.15) is 0 Å². The Bertz CT molecular complexity index is 4080. The van der Waals surface area contributed by atoms with Crippen LogP contribution in [0, 0.1) is 0 Å². The molecule has 0 atom stereocenters. The molecule has 0 fully saturated rings. The van der Waals surface area contributed by atoms with Crippen LogP contribution >= 0.6 is 0 Å². The maximum Gasteiger partial charge on any atom is 0.0541 e. The number of hydrogen-bond acceptors (Lipinski definition) is 0. The zero-order chi connectivity index (χ0) is 44.7. The highest BCUT2D eigenvalue weighted by Crippen LogP contribution is 2.46. The number of nitrogens with zero attached hydrogens (tertiary/aromatic N) is 2. The van der Waals surface area contributed by atoms with E-state index in [0.717, 1.165) is 11.4 Å². The molecule has 0 saturated heterocycles. The van der Waals surface area contributed by atoms with Crippen molar-refractivity contribution in [2.45, 2.75) is 0 Å². The van der Waals surface area contributed by atoms with E-state index in [4.69, 9.17) is 0 Å². The first-order valence-corrected chi connectivity index (χ1v) is 23.5. The van der Waals surface area contributed by atoms with Crippen LogP contribution < -0.4 is 0 Å². The van der Waals surface area contributed by atoms with Gasteiger partial charge in [-0.25, -0.2) is 0 Å². The van der Waals surface area contributed by atoms with Crippen LogP contribution in [0.25, 0.3) is 132 Å². The Morgan fingerprint density at radius 3 is 1.15 bits per heavy atom. The molecule has 14 aromatic rings. The highest BCUT2D eigenvalue weighted by molar-refractivity contribution is 6.21. The van der Waals surface area contributed by atoms with Crippen molar-refractivity contribution < 1.29 is 0 Å². The Kier molecular flexibility index (Phi) is 8.62. The van der Waals surface area contributed by atoms with Crippen molar-refractivity contribution in [2.75, 3.05) is 0 Å². The average Bonchev–Trinajstić information content (AvgIpc) is 3.92. The largest absolute Gasteiger partial charge is 0.309 e. The van der Waals surface area contributed by atoms with Gasteiger partial charge in [0.2, 0.25) is 0 Å². The van der Waals surface area contributed by atoms with E-state index in [1.54, 1.807) is 0 Å². The lowest BCUT2D eigenvalue weighted by atomic mass is 9.85. The van der Waals surface area contributed by atoms with Gasteiger partial charge in [0.1, 0.15) is 0 Å². The summed E-state index contributed by atoms with van der Waals surface area (Å²) < 4.78 is 4.79. The monoisotopic (exact) mass is 862 g/mol. The normalized spacial score (nSPS) is 11.8. The summed E-state index contributed by atoms with van der Waals surface area (Å²) in [6, 6.07) is 94.0. The molecule has 0 aliphatic carbocycles. The van der Waals surface area contributed by atoms with E-state index in [0.29, 0.717) is 0 Å². The van der Waals surface area contributed by atoms with Gasteiger partial charge < -0.3 is 9.13 Å². The van der Waals surface area contributed by atoms with Gasteiger partial charge in [0.15, 0.2) is 0 Å². The molecule has 0 unspecified atom stereocenters. The number of hydrogen-bond donors (Lipinski definition) is 0. The summed E-state index contributed by atoms with van der Waals surface area (Å²) in [6.45, 7) is 0. The van der Waals surface area contributed by atoms with Crippen molar-refractivity contribution in [3.05, 3.63) is 255 Å². The summed E-state index contributed by atoms with van der Waals surface area (Å²) in [5, 5.41) is 12.4. The molecule has 2 heteroatoms. The Morgan fingerprint density at radius 1 is 0.206 bits per heavy atom. The number of benzene rings is 12. The molecule has 0 amide bonds. The fourth-order valence-electron chi connectivity index (χ4n) is 11.2. The molecule has 0 saturated carbocycles. The lowest BCUT2D eigenvalue weighted by Crippen LogP contribution is -1.93. The third kappa shape index (κ3) is 5.98. The molecular weight excluding hydrogens is 821 g/mol. The third-order valence-corrected chi connectivity index (χ3v) is 14.3. The van der Waals surface area contributed by atoms with Crippen LogP contribution in [0.3, 0.4) is 0 Å². The summed E-state index contributed by atoms with van der Waals surface area (Å²) in [6.07, 6.45) is 0. The Hall–Kier alpha value is -8.98. The van der Waals surface area contributed by atoms with Crippen LogP contribution in [0.1, 0.15) is 0 Å². The minimum absolute atomic E-state index is 1.16. The van der Waals surface area contributed by atoms with Crippen molar-refractivity contribution in [1.82, 2.24) is 9.13 Å². The van der Waals surface area contributed by atoms with Gasteiger partial charge in [-0.1, -0.05) is 176 Å². The van der Waals surface area contributed by atoms with Crippen LogP contribution in [0.5, 0.6) is 0 Å². The number of fused-ring (bicyclic) bond motifs is 9. The molecule has 14 rings (SSSR count). The first-order valence-electron chi connectivity index (χ1n) is 23.5. The number of aromatic nitrogens is 2. The standard InChI is InChI=1S/C66H42N2/c1-4-16-43(17-5-1)44-30-31-46-39-49(33-32-45(46)38-44)66-56-26-14-24-52(47-34-36-64-60(40-47)54-22-10-12-28-62(54)67(64)50-18-6-2-7-19-50)58(56)42-59-53(25-15-27-57(59)66)48-35-37-65-61(41-48)55-23-11-13-29-63(55)68(65)51-20-8-3-9-21-51/h1-42H. The first kappa shape index (κ1) is 38.3. The minimum Gasteiger partial charge on any atom is -0.309 e. The van der Waals surface area contributed by atoms with Gasteiger partial charge >= 0.3 is 0 Å². The molecule has 0 bridgehead atoms. The molecule has 0 aliphatic rings. The summed E-state index contributed by atoms with van der Waals surface area (Å²) in [7, 11) is 0. The van der Waals surface area contributed by atoms with Crippen molar-refractivity contribution >= 4 is 75.9 Å². The van der Waals surface area contributed by atoms with Crippen molar-refractivity contribution in [1.29, 1.82) is 0 Å². The predicted molar refractivity (Wildman–Crippen MR) is 289 cm³/mol. The Labute approximate surface area is 393 Å². The third-order valence-electron chi connectivity index (χ3n) is 14.3. The van der Waals surface area contributed by atoms with E-state index >= 15 is 0 Å². The second-order valence-corrected chi connectivity index (χ2v) is 18.0. The summed E-state index contributed by atoms with van der Waals surface area (Å²) in [5.74, 6) is 0. The van der Waals surface area contributed by atoms with Crippen molar-refractivity contribution in [3.63, 3.8) is 0 Å². The van der Waals surface area contributed by atoms with Gasteiger partial charge in [-0.3, -0.25) is 0 Å². The Morgan fingerprint density at radius 2 is 0.618 bits per heavy atom. The molecular formula is C66H42N2. The predicted octanol–water partition coefficient (Wildman–Crippen LogP) is 18.0. The maximum absolute atomic E-state index is 2.47. The van der Waals surface area contributed by atoms with E-state index in [9.17, 15) is 0 Å². The molecule has 0 aliphatic heterocycles. The van der Waals surface area contributed by atoms with Crippen LogP contribution in [-0.2, 0) is 0 Å². The van der Waals surface area contributed by atoms with Crippen LogP contribution in [0.15, 0.2) is 255 Å². The smallest absolute Gasteiger partial charge is 0.0541 e. The zero-order valence-electron chi connectivity index (χ0n) is 37.1. The van der Waals surface area contributed by atoms with Crippen molar-refractivity contribution in [2.24, 2.45) is 0 Å². The van der Waals surface area contributed by atoms with Crippen LogP contribution in [-0.4, -0.2) is 9.13 Å². The fourth-order valence-corrected chi connectivity index (χ4v) is 11.2. The van der Waals surface area contributed by atoms with Gasteiger partial charge in [0, 0.05) is 32.9 Å². The van der Waals surface area contributed by atoms with Gasteiger partial charge in [0.05, 0.1) is 22.1 Å². The second kappa shape index (κ2) is 15.3. The molecule has 0 N–H and O–H groups in total. The average molecular weight is 863 g/mol. The molecule has 0 spiro atoms. The maximum atomic E-state index is 2.47. The number of rotatable bonds is 6. The quantitative estimate of drug-likeness (QED) is 0.147. The minimum atomic E-state index is 1.16. The molecule has 2 aromatic heterocycles. The molecule has 2 nitrogen and oxygen atoms in total. The highest BCUT2D eigenvalue weighted by atomic mass is 15.0. The second-order valence-electron chi connectivity index (χ2n) is 18.0. The van der Waals surface area contributed by atoms with E-state index in [1.807, 2.05) is 0 Å². The van der Waals surface area contributed by atoms with E-state index in [1.165, 1.54) is 120 Å². The first-order chi connectivity index (χ1) is 33.7. The zero-order valence-corrected chi connectivity index (χ0v) is 37.1. The topological polar surface area (TPSA) is 9.86 Å². The molecule has 12 aromatic carbocycles. The van der Waals surface area contributed by atoms with Crippen LogP contribution in [0.4, 0.5) is 0 Å². The lowest BCUT2D eigenvalue weighted by molar-refractivity contribution is 1.18. The van der Waals surface area contributed by atoms with Gasteiger partial charge in [-0.05, 0) is 156 Å². The Balaban J connectivity index is 1.02. The van der Waals surface area contributed by atoms with Crippen LogP contribution in [0.2, 0.25) is 0 Å². The van der Waals surface area contributed by atoms with E-state index in [-0.39, 0.29) is 0 Å². The van der Waals surface area contributed by atoms with Crippen molar-refractivity contribution in [3.8, 4) is 55.9 Å². The van der Waals surface area contributed by atoms with E-state index < -0.39 is 0 Å². The van der Waals surface area contributed by atoms with Gasteiger partial charge in [0.25, 0.3) is 0 Å². The lowest BCUT2D eigenvalue weighted by Gasteiger charge is -2.18. The molecule has 2 heterocycles. The highest BCUT2D eigenvalue weighted by Gasteiger charge is 2.20. The summed E-state index contributed by atoms with van der Waals surface area (Å²) in [5.41, 5.74) is 16.9. The number of para-hydroxylation sites is 4. The fraction of sp³-hybridized carbons (Fsp3) is 0. The molecule has 316 valence electrons. The van der Waals surface area contributed by atoms with Gasteiger partial charge in [-0.15, -0.1) is 0 Å². The summed E-state index contributed by atoms with van der Waals surface area (Å²) >= 11 is 0. The molecule has 0 radical (unpaired) electrons.